The Balaban J connectivity index is 0.000000720. The normalized spacial score (nSPS) is 25.3. The van der Waals surface area contributed by atoms with Gasteiger partial charge in [-0.25, -0.2) is 4.79 Å². The minimum Gasteiger partial charge on any atom is -0.477 e. The lowest BCUT2D eigenvalue weighted by Gasteiger charge is -2.34. The molecule has 1 saturated heterocycles. The van der Waals surface area contributed by atoms with Crippen molar-refractivity contribution < 1.29 is 14.7 Å². The maximum atomic E-state index is 10.8. The van der Waals surface area contributed by atoms with E-state index in [1.807, 2.05) is 0 Å². The van der Waals surface area contributed by atoms with Crippen molar-refractivity contribution in [3.05, 3.63) is 11.1 Å². The van der Waals surface area contributed by atoms with Crippen LogP contribution < -0.4 is 0 Å². The Labute approximate surface area is 90.0 Å². The van der Waals surface area contributed by atoms with Crippen LogP contribution in [0.4, 0.5) is 0 Å². The largest absolute Gasteiger partial charge is 0.477 e. The average molecular weight is 299 g/mol. The van der Waals surface area contributed by atoms with Crippen molar-refractivity contribution in [2.75, 3.05) is 0 Å². The molecular weight excluding hydrogens is 293 g/mol. The summed E-state index contributed by atoms with van der Waals surface area (Å²) in [5, 5.41) is 10.2. The van der Waals surface area contributed by atoms with Gasteiger partial charge in [-0.15, -0.1) is 35.7 Å². The molecule has 1 fully saturated rings. The van der Waals surface area contributed by atoms with Crippen molar-refractivity contribution in [1.82, 2.24) is 4.90 Å². The maximum Gasteiger partial charge on any atom is 0.353 e. The van der Waals surface area contributed by atoms with E-state index in [0.717, 1.165) is 0 Å². The van der Waals surface area contributed by atoms with Crippen LogP contribution in [-0.2, 0) is 9.59 Å². The molecular formula is C6H6INO3S. The smallest absolute Gasteiger partial charge is 0.353 e. The van der Waals surface area contributed by atoms with E-state index in [1.54, 1.807) is 0 Å². The van der Waals surface area contributed by atoms with Gasteiger partial charge in [0.1, 0.15) is 5.70 Å². The van der Waals surface area contributed by atoms with E-state index in [0.29, 0.717) is 6.42 Å². The third-order valence-corrected chi connectivity index (χ3v) is 2.77. The van der Waals surface area contributed by atoms with Gasteiger partial charge in [-0.05, 0) is 0 Å². The molecule has 2 rings (SSSR count). The number of amides is 1. The van der Waals surface area contributed by atoms with Gasteiger partial charge in [-0.2, -0.15) is 0 Å². The summed E-state index contributed by atoms with van der Waals surface area (Å²) in [6, 6.07) is 0. The van der Waals surface area contributed by atoms with Crippen LogP contribution in [0.2, 0.25) is 0 Å². The minimum atomic E-state index is -1.02. The summed E-state index contributed by atoms with van der Waals surface area (Å²) >= 11 is 1.39. The van der Waals surface area contributed by atoms with Crippen molar-refractivity contribution in [3.63, 3.8) is 0 Å². The Morgan fingerprint density at radius 2 is 2.42 bits per heavy atom. The highest BCUT2D eigenvalue weighted by Gasteiger charge is 2.44. The Hall–Kier alpha value is -0.240. The summed E-state index contributed by atoms with van der Waals surface area (Å²) in [5.74, 6) is -1.11. The fourth-order valence-electron chi connectivity index (χ4n) is 1.14. The SMILES string of the molecule is I.O=C(O)C1=CSC2CC(=O)N12. The molecule has 2 aliphatic heterocycles. The molecule has 1 atom stereocenters. The molecule has 1 amide bonds. The fourth-order valence-corrected chi connectivity index (χ4v) is 2.23. The first kappa shape index (κ1) is 9.85. The van der Waals surface area contributed by atoms with Gasteiger partial charge in [-0.1, -0.05) is 0 Å². The van der Waals surface area contributed by atoms with Crippen LogP contribution in [0.25, 0.3) is 0 Å². The molecule has 4 nitrogen and oxygen atoms in total. The molecule has 0 aromatic heterocycles. The lowest BCUT2D eigenvalue weighted by atomic mass is 10.2. The molecule has 0 radical (unpaired) electrons. The number of nitrogens with zero attached hydrogens (tertiary/aromatic N) is 1. The molecule has 2 heterocycles. The number of carbonyl (C=O) groups excluding carboxylic acids is 1. The number of aliphatic carboxylic acids is 1. The second-order valence-corrected chi connectivity index (χ2v) is 3.42. The summed E-state index contributed by atoms with van der Waals surface area (Å²) in [6.07, 6.45) is 0.470. The molecule has 2 aliphatic rings. The van der Waals surface area contributed by atoms with Gasteiger partial charge >= 0.3 is 5.97 Å². The number of carbonyl (C=O) groups is 2. The molecule has 6 heteroatoms. The first-order chi connectivity index (χ1) is 5.20. The van der Waals surface area contributed by atoms with Gasteiger partial charge in [0.2, 0.25) is 5.91 Å². The molecule has 1 N–H and O–H groups in total. The van der Waals surface area contributed by atoms with E-state index >= 15 is 0 Å². The van der Waals surface area contributed by atoms with E-state index in [-0.39, 0.29) is 41.0 Å². The third kappa shape index (κ3) is 1.22. The van der Waals surface area contributed by atoms with Gasteiger partial charge in [0.25, 0.3) is 0 Å². The molecule has 0 aromatic rings. The zero-order valence-corrected chi connectivity index (χ0v) is 9.04. The summed E-state index contributed by atoms with van der Waals surface area (Å²) in [4.78, 5) is 22.6. The molecule has 0 aromatic carbocycles. The van der Waals surface area contributed by atoms with Crippen LogP contribution in [0.5, 0.6) is 0 Å². The van der Waals surface area contributed by atoms with Gasteiger partial charge in [0.05, 0.1) is 11.8 Å². The Morgan fingerprint density at radius 3 is 2.83 bits per heavy atom. The van der Waals surface area contributed by atoms with E-state index < -0.39 is 5.97 Å². The van der Waals surface area contributed by atoms with Crippen LogP contribution in [0.3, 0.4) is 0 Å². The highest BCUT2D eigenvalue weighted by Crippen LogP contribution is 2.40. The first-order valence-corrected chi connectivity index (χ1v) is 4.05. The summed E-state index contributed by atoms with van der Waals surface area (Å²) in [7, 11) is 0. The van der Waals surface area contributed by atoms with Crippen molar-refractivity contribution in [3.8, 4) is 0 Å². The van der Waals surface area contributed by atoms with Crippen LogP contribution >= 0.6 is 35.7 Å². The average Bonchev–Trinajstić information content (AvgIpc) is 2.25. The predicted octanol–water partition coefficient (Wildman–Crippen LogP) is 0.836. The molecule has 0 aliphatic carbocycles. The minimum absolute atomic E-state index is 0. The number of rotatable bonds is 1. The molecule has 0 bridgehead atoms. The summed E-state index contributed by atoms with van der Waals surface area (Å²) in [5.41, 5.74) is 0.122. The molecule has 1 unspecified atom stereocenters. The van der Waals surface area contributed by atoms with Gasteiger partial charge in [0, 0.05) is 5.41 Å². The fraction of sp³-hybridized carbons (Fsp3) is 0.333. The van der Waals surface area contributed by atoms with Crippen molar-refractivity contribution in [2.45, 2.75) is 11.8 Å². The Bertz CT molecular complexity index is 278. The zero-order chi connectivity index (χ0) is 8.01. The van der Waals surface area contributed by atoms with Gasteiger partial charge in [0.15, 0.2) is 0 Å². The summed E-state index contributed by atoms with van der Waals surface area (Å²) < 4.78 is 0. The number of halogens is 1. The molecule has 0 saturated carbocycles. The molecule has 12 heavy (non-hydrogen) atoms. The maximum absolute atomic E-state index is 10.8. The van der Waals surface area contributed by atoms with Crippen molar-refractivity contribution >= 4 is 47.6 Å². The number of hydrogen-bond acceptors (Lipinski definition) is 3. The van der Waals surface area contributed by atoms with E-state index in [9.17, 15) is 9.59 Å². The van der Waals surface area contributed by atoms with Crippen molar-refractivity contribution in [1.29, 1.82) is 0 Å². The lowest BCUT2D eigenvalue weighted by Crippen LogP contribution is -2.48. The van der Waals surface area contributed by atoms with Gasteiger partial charge < -0.3 is 5.11 Å². The predicted molar refractivity (Wildman–Crippen MR) is 54.0 cm³/mol. The quantitative estimate of drug-likeness (QED) is 0.576. The standard InChI is InChI=1S/C6H5NO3S.HI/c8-4-1-5-7(4)3(2-11-5)6(9)10;/h2,5H,1H2,(H,9,10);1H. The Morgan fingerprint density at radius 1 is 1.75 bits per heavy atom. The second kappa shape index (κ2) is 3.25. The number of fused-ring (bicyclic) bond motifs is 1. The lowest BCUT2D eigenvalue weighted by molar-refractivity contribution is -0.145. The van der Waals surface area contributed by atoms with Gasteiger partial charge in [-0.3, -0.25) is 9.69 Å². The molecule has 66 valence electrons. The topological polar surface area (TPSA) is 57.6 Å². The third-order valence-electron chi connectivity index (χ3n) is 1.72. The second-order valence-electron chi connectivity index (χ2n) is 2.37. The van der Waals surface area contributed by atoms with Crippen LogP contribution in [0.15, 0.2) is 11.1 Å². The zero-order valence-electron chi connectivity index (χ0n) is 5.89. The first-order valence-electron chi connectivity index (χ1n) is 3.11. The van der Waals surface area contributed by atoms with Crippen LogP contribution in [0, 0.1) is 0 Å². The number of thioether (sulfide) groups is 1. The number of carboxylic acid groups (broad SMARTS) is 1. The van der Waals surface area contributed by atoms with E-state index in [1.165, 1.54) is 22.1 Å². The highest BCUT2D eigenvalue weighted by atomic mass is 127. The van der Waals surface area contributed by atoms with Crippen LogP contribution in [-0.4, -0.2) is 27.3 Å². The van der Waals surface area contributed by atoms with Crippen LogP contribution in [0.1, 0.15) is 6.42 Å². The Kier molecular flexibility index (Phi) is 2.67. The summed E-state index contributed by atoms with van der Waals surface area (Å²) in [6.45, 7) is 0. The number of β-lactam (4-membered cyclic amide) rings is 1. The highest BCUT2D eigenvalue weighted by molar-refractivity contribution is 14.0. The molecule has 0 spiro atoms. The number of carboxylic acids is 1. The van der Waals surface area contributed by atoms with E-state index in [4.69, 9.17) is 5.11 Å². The van der Waals surface area contributed by atoms with E-state index in [2.05, 4.69) is 0 Å². The monoisotopic (exact) mass is 299 g/mol. The van der Waals surface area contributed by atoms with Crippen molar-refractivity contribution in [2.24, 2.45) is 0 Å². The number of hydrogen-bond donors (Lipinski definition) is 1.